The molecular weight excluding hydrogens is 198 g/mol. The van der Waals surface area contributed by atoms with Gasteiger partial charge in [0.05, 0.1) is 0 Å². The van der Waals surface area contributed by atoms with Crippen LogP contribution in [0.15, 0.2) is 36.5 Å². The summed E-state index contributed by atoms with van der Waals surface area (Å²) in [5.74, 6) is 1.99. The van der Waals surface area contributed by atoms with E-state index in [0.717, 1.165) is 11.5 Å². The van der Waals surface area contributed by atoms with Gasteiger partial charge in [0.15, 0.2) is 5.82 Å². The Hall–Kier alpha value is -1.90. The monoisotopic (exact) mass is 211 g/mol. The minimum Gasteiger partial charge on any atom is -0.384 e. The highest BCUT2D eigenvalue weighted by molar-refractivity contribution is 5.57. The zero-order chi connectivity index (χ0) is 11.0. The van der Waals surface area contributed by atoms with E-state index < -0.39 is 0 Å². The maximum absolute atomic E-state index is 5.63. The molecule has 80 valence electrons. The molecule has 1 fully saturated rings. The Morgan fingerprint density at radius 2 is 1.81 bits per heavy atom. The highest BCUT2D eigenvalue weighted by atomic mass is 14.9. The normalized spacial score (nSPS) is 15.0. The van der Waals surface area contributed by atoms with Crippen LogP contribution in [0.2, 0.25) is 0 Å². The lowest BCUT2D eigenvalue weighted by atomic mass is 10.1. The van der Waals surface area contributed by atoms with Gasteiger partial charge in [-0.1, -0.05) is 24.3 Å². The molecule has 1 saturated carbocycles. The molecule has 0 atom stereocenters. The number of hydrogen-bond donors (Lipinski definition) is 1. The van der Waals surface area contributed by atoms with Crippen molar-refractivity contribution in [2.24, 2.45) is 0 Å². The van der Waals surface area contributed by atoms with E-state index in [0.29, 0.717) is 11.6 Å². The molecule has 3 nitrogen and oxygen atoms in total. The molecule has 0 amide bonds. The summed E-state index contributed by atoms with van der Waals surface area (Å²) in [4.78, 5) is 8.41. The number of aromatic nitrogens is 2. The maximum Gasteiger partial charge on any atom is 0.161 e. The molecule has 1 aromatic heterocycles. The molecule has 1 aliphatic carbocycles. The molecule has 2 aromatic rings. The van der Waals surface area contributed by atoms with E-state index in [1.165, 1.54) is 18.4 Å². The first-order chi connectivity index (χ1) is 7.83. The smallest absolute Gasteiger partial charge is 0.161 e. The average molecular weight is 211 g/mol. The first kappa shape index (κ1) is 9.33. The number of nitrogens with two attached hydrogens (primary N) is 1. The van der Waals surface area contributed by atoms with Gasteiger partial charge in [-0.15, -0.1) is 0 Å². The van der Waals surface area contributed by atoms with E-state index >= 15 is 0 Å². The van der Waals surface area contributed by atoms with E-state index in [1.807, 2.05) is 0 Å². The van der Waals surface area contributed by atoms with Crippen molar-refractivity contribution in [2.45, 2.75) is 18.8 Å². The van der Waals surface area contributed by atoms with Gasteiger partial charge in [-0.2, -0.15) is 0 Å². The summed E-state index contributed by atoms with van der Waals surface area (Å²) in [7, 11) is 0. The van der Waals surface area contributed by atoms with E-state index in [4.69, 9.17) is 5.73 Å². The largest absolute Gasteiger partial charge is 0.384 e. The third-order valence-corrected chi connectivity index (χ3v) is 2.89. The summed E-state index contributed by atoms with van der Waals surface area (Å²) in [5.41, 5.74) is 8.08. The first-order valence-electron chi connectivity index (χ1n) is 5.52. The van der Waals surface area contributed by atoms with Gasteiger partial charge in [-0.05, 0) is 30.4 Å². The average Bonchev–Trinajstić information content (AvgIpc) is 3.13. The number of nitrogen functional groups attached to an aromatic ring is 1. The lowest BCUT2D eigenvalue weighted by Crippen LogP contribution is -1.94. The van der Waals surface area contributed by atoms with Crippen molar-refractivity contribution in [3.8, 4) is 11.4 Å². The number of anilines is 1. The van der Waals surface area contributed by atoms with Crippen LogP contribution in [0.4, 0.5) is 5.82 Å². The lowest BCUT2D eigenvalue weighted by molar-refractivity contribution is 1.12. The van der Waals surface area contributed by atoms with Crippen LogP contribution in [0.5, 0.6) is 0 Å². The molecular formula is C13H13N3. The highest BCUT2D eigenvalue weighted by Gasteiger charge is 2.23. The highest BCUT2D eigenvalue weighted by Crippen LogP contribution is 2.40. The Morgan fingerprint density at radius 1 is 1.06 bits per heavy atom. The van der Waals surface area contributed by atoms with Crippen molar-refractivity contribution < 1.29 is 0 Å². The van der Waals surface area contributed by atoms with Gasteiger partial charge in [-0.3, -0.25) is 0 Å². The zero-order valence-electron chi connectivity index (χ0n) is 8.93. The van der Waals surface area contributed by atoms with Crippen LogP contribution in [0.25, 0.3) is 11.4 Å². The SMILES string of the molecule is Nc1ccnc(-c2ccc(C3CC3)cc2)n1. The number of rotatable bonds is 2. The van der Waals surface area contributed by atoms with Crippen molar-refractivity contribution >= 4 is 5.82 Å². The molecule has 16 heavy (non-hydrogen) atoms. The first-order valence-corrected chi connectivity index (χ1v) is 5.52. The molecule has 2 N–H and O–H groups in total. The molecule has 1 aromatic carbocycles. The molecule has 0 bridgehead atoms. The second-order valence-electron chi connectivity index (χ2n) is 4.20. The summed E-state index contributed by atoms with van der Waals surface area (Å²) in [6.07, 6.45) is 4.34. The summed E-state index contributed by atoms with van der Waals surface area (Å²) < 4.78 is 0. The van der Waals surface area contributed by atoms with Crippen LogP contribution in [-0.4, -0.2) is 9.97 Å². The minimum atomic E-state index is 0.510. The molecule has 3 rings (SSSR count). The van der Waals surface area contributed by atoms with E-state index in [9.17, 15) is 0 Å². The molecule has 0 spiro atoms. The molecule has 1 heterocycles. The van der Waals surface area contributed by atoms with Crippen molar-refractivity contribution in [3.05, 3.63) is 42.1 Å². The third kappa shape index (κ3) is 1.76. The van der Waals surface area contributed by atoms with Crippen LogP contribution >= 0.6 is 0 Å². The standard InChI is InChI=1S/C13H13N3/c14-12-7-8-15-13(16-12)11-5-3-10(4-6-11)9-1-2-9/h3-9H,1-2H2,(H2,14,15,16). The molecule has 0 unspecified atom stereocenters. The number of benzene rings is 1. The second kappa shape index (κ2) is 3.59. The maximum atomic E-state index is 5.63. The Morgan fingerprint density at radius 3 is 2.44 bits per heavy atom. The van der Waals surface area contributed by atoms with Gasteiger partial charge in [0, 0.05) is 11.8 Å². The molecule has 3 heteroatoms. The van der Waals surface area contributed by atoms with Gasteiger partial charge in [0.1, 0.15) is 5.82 Å². The zero-order valence-corrected chi connectivity index (χ0v) is 8.93. The fraction of sp³-hybridized carbons (Fsp3) is 0.231. The molecule has 1 aliphatic rings. The Kier molecular flexibility index (Phi) is 2.10. The Bertz CT molecular complexity index is 501. The fourth-order valence-electron chi connectivity index (χ4n) is 1.83. The molecule has 0 radical (unpaired) electrons. The van der Waals surface area contributed by atoms with Gasteiger partial charge >= 0.3 is 0 Å². The molecule has 0 saturated heterocycles. The predicted octanol–water partition coefficient (Wildman–Crippen LogP) is 2.60. The third-order valence-electron chi connectivity index (χ3n) is 2.89. The summed E-state index contributed by atoms with van der Waals surface area (Å²) in [6, 6.07) is 10.2. The molecule has 0 aliphatic heterocycles. The van der Waals surface area contributed by atoms with E-state index in [-0.39, 0.29) is 0 Å². The van der Waals surface area contributed by atoms with Crippen molar-refractivity contribution in [1.29, 1.82) is 0 Å². The van der Waals surface area contributed by atoms with Crippen LogP contribution in [0.1, 0.15) is 24.3 Å². The predicted molar refractivity (Wildman–Crippen MR) is 63.9 cm³/mol. The topological polar surface area (TPSA) is 51.8 Å². The summed E-state index contributed by atoms with van der Waals surface area (Å²) in [6.45, 7) is 0. The van der Waals surface area contributed by atoms with Crippen molar-refractivity contribution in [1.82, 2.24) is 9.97 Å². The van der Waals surface area contributed by atoms with Gasteiger partial charge in [0.25, 0.3) is 0 Å². The van der Waals surface area contributed by atoms with Gasteiger partial charge in [-0.25, -0.2) is 9.97 Å². The van der Waals surface area contributed by atoms with Crippen molar-refractivity contribution in [3.63, 3.8) is 0 Å². The van der Waals surface area contributed by atoms with Gasteiger partial charge < -0.3 is 5.73 Å². The Balaban J connectivity index is 1.94. The minimum absolute atomic E-state index is 0.510. The van der Waals surface area contributed by atoms with E-state index in [1.54, 1.807) is 12.3 Å². The van der Waals surface area contributed by atoms with Crippen LogP contribution in [0, 0.1) is 0 Å². The van der Waals surface area contributed by atoms with Crippen LogP contribution in [-0.2, 0) is 0 Å². The summed E-state index contributed by atoms with van der Waals surface area (Å²) >= 11 is 0. The van der Waals surface area contributed by atoms with Crippen LogP contribution < -0.4 is 5.73 Å². The fourth-order valence-corrected chi connectivity index (χ4v) is 1.83. The Labute approximate surface area is 94.4 Å². The summed E-state index contributed by atoms with van der Waals surface area (Å²) in [5, 5.41) is 0. The number of nitrogens with zero attached hydrogens (tertiary/aromatic N) is 2. The van der Waals surface area contributed by atoms with Crippen LogP contribution in [0.3, 0.4) is 0 Å². The lowest BCUT2D eigenvalue weighted by Gasteiger charge is -2.02. The van der Waals surface area contributed by atoms with Gasteiger partial charge in [0.2, 0.25) is 0 Å². The quantitative estimate of drug-likeness (QED) is 0.830. The second-order valence-corrected chi connectivity index (χ2v) is 4.20. The van der Waals surface area contributed by atoms with Crippen molar-refractivity contribution in [2.75, 3.05) is 5.73 Å². The van der Waals surface area contributed by atoms with E-state index in [2.05, 4.69) is 34.2 Å². The number of hydrogen-bond acceptors (Lipinski definition) is 3.